The van der Waals surface area contributed by atoms with E-state index in [0.29, 0.717) is 6.42 Å². The molecule has 0 bridgehead atoms. The van der Waals surface area contributed by atoms with Crippen LogP contribution in [0.4, 0.5) is 18.9 Å². The molecule has 0 radical (unpaired) electrons. The van der Waals surface area contributed by atoms with Crippen LogP contribution in [0, 0.1) is 17.2 Å². The van der Waals surface area contributed by atoms with Gasteiger partial charge in [0.05, 0.1) is 11.5 Å². The first kappa shape index (κ1) is 16.7. The first-order chi connectivity index (χ1) is 10.1. The molecule has 0 spiro atoms. The summed E-state index contributed by atoms with van der Waals surface area (Å²) in [6.45, 7) is -1.50. The second-order valence-electron chi connectivity index (χ2n) is 4.73. The highest BCUT2D eigenvalue weighted by Gasteiger charge is 2.56. The number of amides is 1. The van der Waals surface area contributed by atoms with Gasteiger partial charge in [0.25, 0.3) is 0 Å². The number of nitrogens with zero attached hydrogens (tertiary/aromatic N) is 1. The summed E-state index contributed by atoms with van der Waals surface area (Å²) in [4.78, 5) is 11.8. The number of carbonyl (C=O) groups excluding carboxylic acids is 1. The molecular formula is C13H9Cl2F3N2O2. The Labute approximate surface area is 133 Å². The summed E-state index contributed by atoms with van der Waals surface area (Å²) in [5, 5.41) is 11.4. The maximum Gasteiger partial charge on any atom is 0.422 e. The largest absolute Gasteiger partial charge is 0.483 e. The normalized spacial score (nSPS) is 19.2. The third kappa shape index (κ3) is 4.18. The molecule has 1 aromatic rings. The van der Waals surface area contributed by atoms with E-state index >= 15 is 0 Å². The molecule has 118 valence electrons. The lowest BCUT2D eigenvalue weighted by molar-refractivity contribution is -0.153. The van der Waals surface area contributed by atoms with Gasteiger partial charge in [-0.1, -0.05) is 0 Å². The number of halogens is 5. The lowest BCUT2D eigenvalue weighted by Crippen LogP contribution is -2.20. The van der Waals surface area contributed by atoms with E-state index in [1.807, 2.05) is 0 Å². The monoisotopic (exact) mass is 352 g/mol. The van der Waals surface area contributed by atoms with Crippen LogP contribution in [0.5, 0.6) is 5.75 Å². The first-order valence-corrected chi connectivity index (χ1v) is 6.80. The standard InChI is InChI=1S/C13H9Cl2F3N2O2/c14-12(15)4-9(12)11(21)20-8-1-2-10(7(3-8)5-19)22-6-13(16,17)18/h1-3,9H,4,6H2,(H,20,21). The minimum Gasteiger partial charge on any atom is -0.483 e. The topological polar surface area (TPSA) is 62.1 Å². The van der Waals surface area contributed by atoms with Gasteiger partial charge < -0.3 is 10.1 Å². The zero-order valence-corrected chi connectivity index (χ0v) is 12.4. The van der Waals surface area contributed by atoms with Crippen LogP contribution in [0.3, 0.4) is 0 Å². The molecular weight excluding hydrogens is 344 g/mol. The molecule has 1 aliphatic rings. The van der Waals surface area contributed by atoms with E-state index < -0.39 is 28.9 Å². The highest BCUT2D eigenvalue weighted by atomic mass is 35.5. The Balaban J connectivity index is 2.06. The number of hydrogen-bond donors (Lipinski definition) is 1. The number of anilines is 1. The van der Waals surface area contributed by atoms with Crippen molar-refractivity contribution in [1.82, 2.24) is 0 Å². The van der Waals surface area contributed by atoms with Gasteiger partial charge >= 0.3 is 6.18 Å². The summed E-state index contributed by atoms with van der Waals surface area (Å²) in [5.74, 6) is -1.19. The van der Waals surface area contributed by atoms with E-state index in [2.05, 4.69) is 10.1 Å². The van der Waals surface area contributed by atoms with Crippen molar-refractivity contribution in [1.29, 1.82) is 5.26 Å². The number of ether oxygens (including phenoxy) is 1. The summed E-state index contributed by atoms with van der Waals surface area (Å²) >= 11 is 11.5. The lowest BCUT2D eigenvalue weighted by atomic mass is 10.2. The van der Waals surface area contributed by atoms with Crippen molar-refractivity contribution in [2.45, 2.75) is 16.9 Å². The van der Waals surface area contributed by atoms with Crippen molar-refractivity contribution >= 4 is 34.8 Å². The fourth-order valence-corrected chi connectivity index (χ4v) is 2.21. The summed E-state index contributed by atoms with van der Waals surface area (Å²) in [6.07, 6.45) is -4.19. The van der Waals surface area contributed by atoms with Crippen LogP contribution in [0.2, 0.25) is 0 Å². The van der Waals surface area contributed by atoms with E-state index in [9.17, 15) is 18.0 Å². The highest BCUT2D eigenvalue weighted by Crippen LogP contribution is 2.53. The average molecular weight is 353 g/mol. The fourth-order valence-electron chi connectivity index (χ4n) is 1.71. The molecule has 9 heteroatoms. The Morgan fingerprint density at radius 3 is 2.64 bits per heavy atom. The van der Waals surface area contributed by atoms with Gasteiger partial charge in [-0.2, -0.15) is 18.4 Å². The molecule has 1 atom stereocenters. The minimum absolute atomic E-state index is 0.124. The summed E-state index contributed by atoms with van der Waals surface area (Å²) in [5.41, 5.74) is 0.123. The van der Waals surface area contributed by atoms with Crippen molar-refractivity contribution in [3.63, 3.8) is 0 Å². The molecule has 1 saturated carbocycles. The zero-order valence-electron chi connectivity index (χ0n) is 10.9. The molecule has 1 N–H and O–H groups in total. The second kappa shape index (κ2) is 5.86. The van der Waals surface area contributed by atoms with Crippen molar-refractivity contribution < 1.29 is 22.7 Å². The lowest BCUT2D eigenvalue weighted by Gasteiger charge is -2.12. The number of rotatable bonds is 4. The van der Waals surface area contributed by atoms with Gasteiger partial charge in [-0.05, 0) is 24.6 Å². The van der Waals surface area contributed by atoms with Gasteiger partial charge in [-0.25, -0.2) is 0 Å². The maximum absolute atomic E-state index is 12.1. The predicted octanol–water partition coefficient (Wildman–Crippen LogP) is 3.63. The second-order valence-corrected chi connectivity index (χ2v) is 6.28. The number of nitrogens with one attached hydrogen (secondary N) is 1. The van der Waals surface area contributed by atoms with Crippen LogP contribution in [-0.2, 0) is 4.79 Å². The molecule has 0 aromatic heterocycles. The van der Waals surface area contributed by atoms with Gasteiger partial charge in [0.1, 0.15) is 16.2 Å². The Kier molecular flexibility index (Phi) is 4.45. The van der Waals surface area contributed by atoms with E-state index in [4.69, 9.17) is 28.5 Å². The third-order valence-corrected chi connectivity index (χ3v) is 3.74. The van der Waals surface area contributed by atoms with Gasteiger partial charge in [0.2, 0.25) is 5.91 Å². The Morgan fingerprint density at radius 1 is 1.50 bits per heavy atom. The number of alkyl halides is 5. The number of hydrogen-bond acceptors (Lipinski definition) is 3. The van der Waals surface area contributed by atoms with Gasteiger partial charge in [0, 0.05) is 5.69 Å². The molecule has 2 rings (SSSR count). The Morgan fingerprint density at radius 2 is 2.14 bits per heavy atom. The first-order valence-electron chi connectivity index (χ1n) is 6.05. The average Bonchev–Trinajstić information content (AvgIpc) is 3.05. The summed E-state index contributed by atoms with van der Waals surface area (Å²) in [7, 11) is 0. The quantitative estimate of drug-likeness (QED) is 0.841. The summed E-state index contributed by atoms with van der Waals surface area (Å²) in [6, 6.07) is 5.44. The molecule has 4 nitrogen and oxygen atoms in total. The van der Waals surface area contributed by atoms with Gasteiger partial charge in [-0.15, -0.1) is 23.2 Å². The predicted molar refractivity (Wildman–Crippen MR) is 73.9 cm³/mol. The third-order valence-electron chi connectivity index (χ3n) is 2.90. The van der Waals surface area contributed by atoms with Crippen molar-refractivity contribution in [3.8, 4) is 11.8 Å². The Bertz CT molecular complexity index is 641. The minimum atomic E-state index is -4.50. The van der Waals surface area contributed by atoms with Crippen molar-refractivity contribution in [2.24, 2.45) is 5.92 Å². The molecule has 1 aromatic carbocycles. The van der Waals surface area contributed by atoms with Crippen LogP contribution in [0.25, 0.3) is 0 Å². The van der Waals surface area contributed by atoms with Crippen LogP contribution in [0.1, 0.15) is 12.0 Å². The van der Waals surface area contributed by atoms with E-state index in [1.54, 1.807) is 6.07 Å². The molecule has 0 heterocycles. The molecule has 1 fully saturated rings. The zero-order chi connectivity index (χ0) is 16.5. The van der Waals surface area contributed by atoms with Gasteiger partial charge in [0.15, 0.2) is 6.61 Å². The number of nitriles is 1. The van der Waals surface area contributed by atoms with E-state index in [1.165, 1.54) is 18.2 Å². The smallest absolute Gasteiger partial charge is 0.422 e. The molecule has 1 amide bonds. The van der Waals surface area contributed by atoms with E-state index in [-0.39, 0.29) is 17.0 Å². The molecule has 1 unspecified atom stereocenters. The fraction of sp³-hybridized carbons (Fsp3) is 0.385. The molecule has 1 aliphatic carbocycles. The molecule has 22 heavy (non-hydrogen) atoms. The number of benzene rings is 1. The Hall–Kier alpha value is -1.65. The van der Waals surface area contributed by atoms with E-state index in [0.717, 1.165) is 0 Å². The van der Waals surface area contributed by atoms with Crippen molar-refractivity contribution in [3.05, 3.63) is 23.8 Å². The van der Waals surface area contributed by atoms with Crippen LogP contribution >= 0.6 is 23.2 Å². The van der Waals surface area contributed by atoms with Crippen LogP contribution in [0.15, 0.2) is 18.2 Å². The van der Waals surface area contributed by atoms with Gasteiger partial charge in [-0.3, -0.25) is 4.79 Å². The highest BCUT2D eigenvalue weighted by molar-refractivity contribution is 6.52. The number of carbonyl (C=O) groups is 1. The molecule has 0 aliphatic heterocycles. The SMILES string of the molecule is N#Cc1cc(NC(=O)C2CC2(Cl)Cl)ccc1OCC(F)(F)F. The molecule has 0 saturated heterocycles. The van der Waals surface area contributed by atoms with Crippen LogP contribution in [-0.4, -0.2) is 23.0 Å². The van der Waals surface area contributed by atoms with Crippen molar-refractivity contribution in [2.75, 3.05) is 11.9 Å². The van der Waals surface area contributed by atoms with Crippen LogP contribution < -0.4 is 10.1 Å². The summed E-state index contributed by atoms with van der Waals surface area (Å²) < 4.78 is 39.8. The maximum atomic E-state index is 12.1.